The summed E-state index contributed by atoms with van der Waals surface area (Å²) in [6, 6.07) is 0. The second-order valence-electron chi connectivity index (χ2n) is 6.72. The zero-order valence-corrected chi connectivity index (χ0v) is 18.1. The number of rotatable bonds is 20. The highest BCUT2D eigenvalue weighted by atomic mass is 32.2. The highest BCUT2D eigenvalue weighted by Crippen LogP contribution is 2.14. The molecule has 0 aromatic heterocycles. The smallest absolute Gasteiger partial charge is 0.00675 e. The first kappa shape index (κ1) is 24.1. The van der Waals surface area contributed by atoms with Crippen LogP contribution in [-0.4, -0.2) is 23.0 Å². The summed E-state index contributed by atoms with van der Waals surface area (Å²) in [5.41, 5.74) is 0. The van der Waals surface area contributed by atoms with E-state index in [4.69, 9.17) is 0 Å². The fourth-order valence-corrected chi connectivity index (χ4v) is 4.32. The quantitative estimate of drug-likeness (QED) is 0.161. The predicted octanol–water partition coefficient (Wildman–Crippen LogP) is 7.82. The van der Waals surface area contributed by atoms with Gasteiger partial charge in [-0.15, -0.1) is 0 Å². The van der Waals surface area contributed by atoms with Crippen LogP contribution in [0, 0.1) is 0 Å². The van der Waals surface area contributed by atoms with E-state index in [0.29, 0.717) is 0 Å². The molecule has 0 unspecified atom stereocenters. The van der Waals surface area contributed by atoms with Crippen molar-refractivity contribution in [3.05, 3.63) is 0 Å². The van der Waals surface area contributed by atoms with E-state index in [1.807, 2.05) is 0 Å². The van der Waals surface area contributed by atoms with Gasteiger partial charge in [0.2, 0.25) is 0 Å². The van der Waals surface area contributed by atoms with Crippen LogP contribution in [0.25, 0.3) is 0 Å². The fourth-order valence-electron chi connectivity index (χ4n) is 2.86. The van der Waals surface area contributed by atoms with Crippen LogP contribution in [-0.2, 0) is 0 Å². The third-order valence-electron chi connectivity index (χ3n) is 4.39. The van der Waals surface area contributed by atoms with Gasteiger partial charge in [0.05, 0.1) is 0 Å². The molecule has 0 bridgehead atoms. The van der Waals surface area contributed by atoms with Gasteiger partial charge in [-0.3, -0.25) is 0 Å². The van der Waals surface area contributed by atoms with Crippen molar-refractivity contribution in [1.29, 1.82) is 0 Å². The lowest BCUT2D eigenvalue weighted by molar-refractivity contribution is 0.586. The maximum absolute atomic E-state index is 4.25. The molecule has 0 aliphatic carbocycles. The minimum Gasteiger partial charge on any atom is -0.179 e. The molecule has 0 aromatic rings. The second kappa shape index (κ2) is 23.1. The first-order valence-corrected chi connectivity index (χ1v) is 12.6. The number of thiol groups is 2. The number of unbranched alkanes of at least 4 members (excludes halogenated alkanes) is 14. The van der Waals surface area contributed by atoms with E-state index in [0.717, 1.165) is 11.5 Å². The summed E-state index contributed by atoms with van der Waals surface area (Å²) in [6.45, 7) is 0. The topological polar surface area (TPSA) is 0 Å². The van der Waals surface area contributed by atoms with Crippen LogP contribution in [0.5, 0.6) is 0 Å². The molecule has 0 spiro atoms. The molecule has 3 heteroatoms. The molecule has 0 fully saturated rings. The van der Waals surface area contributed by atoms with E-state index in [1.54, 1.807) is 0 Å². The van der Waals surface area contributed by atoms with E-state index in [-0.39, 0.29) is 0 Å². The summed E-state index contributed by atoms with van der Waals surface area (Å²) < 4.78 is 0. The second-order valence-corrected chi connectivity index (χ2v) is 8.84. The third-order valence-corrected chi connectivity index (χ3v) is 6.18. The summed E-state index contributed by atoms with van der Waals surface area (Å²) in [7, 11) is 0. The first-order valence-electron chi connectivity index (χ1n) is 10.2. The molecule has 0 aliphatic heterocycles. The van der Waals surface area contributed by atoms with E-state index >= 15 is 0 Å². The molecule has 0 atom stereocenters. The minimum absolute atomic E-state index is 1.06. The van der Waals surface area contributed by atoms with Crippen molar-refractivity contribution in [1.82, 2.24) is 0 Å². The van der Waals surface area contributed by atoms with Gasteiger partial charge in [0.1, 0.15) is 0 Å². The van der Waals surface area contributed by atoms with E-state index < -0.39 is 0 Å². The van der Waals surface area contributed by atoms with Crippen LogP contribution in [0.15, 0.2) is 0 Å². The van der Waals surface area contributed by atoms with Gasteiger partial charge in [0.25, 0.3) is 0 Å². The van der Waals surface area contributed by atoms with Gasteiger partial charge in [0.15, 0.2) is 0 Å². The Kier molecular flexibility index (Phi) is 24.1. The number of thioether (sulfide) groups is 1. The van der Waals surface area contributed by atoms with E-state index in [1.165, 1.54) is 114 Å². The summed E-state index contributed by atoms with van der Waals surface area (Å²) in [6.07, 6.45) is 22.7. The van der Waals surface area contributed by atoms with Crippen molar-refractivity contribution in [2.45, 2.75) is 103 Å². The van der Waals surface area contributed by atoms with Gasteiger partial charge in [-0.2, -0.15) is 37.0 Å². The average molecular weight is 379 g/mol. The Labute approximate surface area is 162 Å². The Morgan fingerprint density at radius 2 is 0.609 bits per heavy atom. The molecule has 0 rings (SSSR count). The van der Waals surface area contributed by atoms with E-state index in [9.17, 15) is 0 Å². The Morgan fingerprint density at radius 3 is 0.913 bits per heavy atom. The summed E-state index contributed by atoms with van der Waals surface area (Å²) in [5.74, 6) is 4.91. The van der Waals surface area contributed by atoms with Crippen molar-refractivity contribution in [2.24, 2.45) is 0 Å². The zero-order valence-electron chi connectivity index (χ0n) is 15.4. The van der Waals surface area contributed by atoms with Crippen LogP contribution in [0.2, 0.25) is 0 Å². The van der Waals surface area contributed by atoms with Crippen LogP contribution >= 0.6 is 37.0 Å². The van der Waals surface area contributed by atoms with Gasteiger partial charge >= 0.3 is 0 Å². The highest BCUT2D eigenvalue weighted by Gasteiger charge is 1.95. The molecule has 0 amide bonds. The molecule has 0 nitrogen and oxygen atoms in total. The van der Waals surface area contributed by atoms with Crippen LogP contribution in [0.1, 0.15) is 103 Å². The number of hydrogen-bond acceptors (Lipinski definition) is 3. The molecule has 0 heterocycles. The summed E-state index contributed by atoms with van der Waals surface area (Å²) in [4.78, 5) is 0. The summed E-state index contributed by atoms with van der Waals surface area (Å²) >= 11 is 10.7. The summed E-state index contributed by atoms with van der Waals surface area (Å²) in [5, 5.41) is 0. The minimum atomic E-state index is 1.06. The predicted molar refractivity (Wildman–Crippen MR) is 119 cm³/mol. The Morgan fingerprint density at radius 1 is 0.348 bits per heavy atom. The van der Waals surface area contributed by atoms with Gasteiger partial charge < -0.3 is 0 Å². The van der Waals surface area contributed by atoms with Gasteiger partial charge in [-0.25, -0.2) is 0 Å². The molecule has 0 aliphatic rings. The number of hydrogen-bond donors (Lipinski definition) is 2. The lowest BCUT2D eigenvalue weighted by Gasteiger charge is -2.04. The molecular formula is C20H42S3. The van der Waals surface area contributed by atoms with Crippen molar-refractivity contribution in [2.75, 3.05) is 23.0 Å². The van der Waals surface area contributed by atoms with Crippen LogP contribution in [0.3, 0.4) is 0 Å². The maximum Gasteiger partial charge on any atom is -0.00675 e. The molecule has 0 N–H and O–H groups in total. The Bertz CT molecular complexity index is 177. The fraction of sp³-hybridized carbons (Fsp3) is 1.00. The molecule has 0 radical (unpaired) electrons. The van der Waals surface area contributed by atoms with Gasteiger partial charge in [-0.05, 0) is 48.7 Å². The molecule has 23 heavy (non-hydrogen) atoms. The molecule has 0 aromatic carbocycles. The lowest BCUT2D eigenvalue weighted by atomic mass is 10.1. The molecule has 0 saturated carbocycles. The Hall–Kier alpha value is 1.05. The van der Waals surface area contributed by atoms with Crippen molar-refractivity contribution >= 4 is 37.0 Å². The van der Waals surface area contributed by atoms with Crippen molar-refractivity contribution < 1.29 is 0 Å². The van der Waals surface area contributed by atoms with Crippen LogP contribution in [0.4, 0.5) is 0 Å². The largest absolute Gasteiger partial charge is 0.179 e. The third kappa shape index (κ3) is 23.1. The maximum atomic E-state index is 4.25. The van der Waals surface area contributed by atoms with E-state index in [2.05, 4.69) is 37.0 Å². The average Bonchev–Trinajstić information content (AvgIpc) is 2.57. The monoisotopic (exact) mass is 378 g/mol. The SMILES string of the molecule is SCCCCCCCCCCSCCCCCCCCCCS. The van der Waals surface area contributed by atoms with Crippen LogP contribution < -0.4 is 0 Å². The van der Waals surface area contributed by atoms with Gasteiger partial charge in [-0.1, -0.05) is 77.0 Å². The van der Waals surface area contributed by atoms with Gasteiger partial charge in [0, 0.05) is 0 Å². The molecule has 140 valence electrons. The lowest BCUT2D eigenvalue weighted by Crippen LogP contribution is -1.87. The zero-order chi connectivity index (χ0) is 16.8. The highest BCUT2D eigenvalue weighted by molar-refractivity contribution is 7.99. The normalized spacial score (nSPS) is 11.2. The molecule has 0 saturated heterocycles. The van der Waals surface area contributed by atoms with Crippen molar-refractivity contribution in [3.63, 3.8) is 0 Å². The first-order chi connectivity index (χ1) is 11.4. The molecular weight excluding hydrogens is 336 g/mol. The standard InChI is InChI=1S/C20H42S3/c21-17-13-9-5-1-3-7-11-15-19-23-20-16-12-8-4-2-6-10-14-18-22/h21-22H,1-20H2. The van der Waals surface area contributed by atoms with Crippen molar-refractivity contribution in [3.8, 4) is 0 Å². The Balaban J connectivity index is 2.92.